The maximum Gasteiger partial charge on any atom is 0.351 e. The van der Waals surface area contributed by atoms with Gasteiger partial charge >= 0.3 is 5.69 Å². The van der Waals surface area contributed by atoms with Crippen molar-refractivity contribution in [2.24, 2.45) is 0 Å². The van der Waals surface area contributed by atoms with Crippen LogP contribution >= 0.6 is 0 Å². The molecular formula is C26H24FN7O. The summed E-state index contributed by atoms with van der Waals surface area (Å²) in [6.45, 7) is 2.50. The molecule has 0 radical (unpaired) electrons. The molecular weight excluding hydrogens is 445 g/mol. The molecule has 0 spiro atoms. The lowest BCUT2D eigenvalue weighted by Crippen LogP contribution is -2.25. The quantitative estimate of drug-likeness (QED) is 0.363. The third-order valence-electron chi connectivity index (χ3n) is 5.90. The zero-order valence-corrected chi connectivity index (χ0v) is 19.2. The molecule has 176 valence electrons. The van der Waals surface area contributed by atoms with Crippen molar-refractivity contribution in [2.75, 3.05) is 0 Å². The number of aromatic nitrogens is 7. The van der Waals surface area contributed by atoms with Crippen molar-refractivity contribution in [1.29, 1.82) is 0 Å². The molecule has 0 saturated heterocycles. The molecule has 0 fully saturated rings. The van der Waals surface area contributed by atoms with Gasteiger partial charge in [0.2, 0.25) is 0 Å². The molecule has 1 N–H and O–H groups in total. The first-order valence-corrected chi connectivity index (χ1v) is 11.5. The van der Waals surface area contributed by atoms with Crippen molar-refractivity contribution in [3.05, 3.63) is 100 Å². The van der Waals surface area contributed by atoms with Crippen LogP contribution in [0.2, 0.25) is 0 Å². The fourth-order valence-corrected chi connectivity index (χ4v) is 4.05. The van der Waals surface area contributed by atoms with Crippen molar-refractivity contribution < 1.29 is 4.39 Å². The van der Waals surface area contributed by atoms with Crippen LogP contribution in [0.25, 0.3) is 28.2 Å². The fourth-order valence-electron chi connectivity index (χ4n) is 4.05. The highest BCUT2D eigenvalue weighted by Gasteiger charge is 2.15. The van der Waals surface area contributed by atoms with Gasteiger partial charge in [0.1, 0.15) is 11.6 Å². The molecule has 2 heterocycles. The van der Waals surface area contributed by atoms with Gasteiger partial charge in [0.15, 0.2) is 5.82 Å². The second-order valence-corrected chi connectivity index (χ2v) is 8.27. The number of H-pyrrole nitrogens is 1. The molecule has 9 heteroatoms. The number of nitrogens with zero attached hydrogens (tertiary/aromatic N) is 6. The highest BCUT2D eigenvalue weighted by molar-refractivity contribution is 5.80. The highest BCUT2D eigenvalue weighted by Crippen LogP contribution is 2.29. The van der Waals surface area contributed by atoms with Crippen LogP contribution < -0.4 is 5.69 Å². The van der Waals surface area contributed by atoms with Crippen LogP contribution in [-0.2, 0) is 13.0 Å². The summed E-state index contributed by atoms with van der Waals surface area (Å²) in [5, 5.41) is 18.8. The number of halogens is 1. The topological polar surface area (TPSA) is 94.3 Å². The van der Waals surface area contributed by atoms with E-state index < -0.39 is 0 Å². The third-order valence-corrected chi connectivity index (χ3v) is 5.90. The maximum absolute atomic E-state index is 13.4. The van der Waals surface area contributed by atoms with E-state index in [2.05, 4.69) is 32.6 Å². The number of aromatic amines is 1. The number of nitrogens with one attached hydrogen (secondary N) is 1. The Morgan fingerprint density at radius 3 is 2.37 bits per heavy atom. The van der Waals surface area contributed by atoms with E-state index in [1.165, 1.54) is 16.8 Å². The normalized spacial score (nSPS) is 11.1. The minimum Gasteiger partial charge on any atom is -0.274 e. The smallest absolute Gasteiger partial charge is 0.274 e. The summed E-state index contributed by atoms with van der Waals surface area (Å²) in [4.78, 5) is 13.3. The average Bonchev–Trinajstić information content (AvgIpc) is 3.53. The van der Waals surface area contributed by atoms with Crippen LogP contribution in [-0.4, -0.2) is 35.0 Å². The summed E-state index contributed by atoms with van der Waals surface area (Å²) in [5.41, 5.74) is 4.20. The van der Waals surface area contributed by atoms with Gasteiger partial charge in [-0.05, 0) is 57.8 Å². The molecule has 2 aromatic heterocycles. The zero-order chi connectivity index (χ0) is 24.2. The van der Waals surface area contributed by atoms with Crippen molar-refractivity contribution in [2.45, 2.75) is 32.7 Å². The number of aryl methyl sites for hydroxylation is 1. The Morgan fingerprint density at radius 2 is 1.69 bits per heavy atom. The van der Waals surface area contributed by atoms with E-state index in [-0.39, 0.29) is 11.5 Å². The van der Waals surface area contributed by atoms with Crippen molar-refractivity contribution in [3.63, 3.8) is 0 Å². The SMILES string of the molecule is CCCCc1nn(-c2ccc(F)cc2)c(=O)n1Cc1ccc(-c2ccccc2-c2nnn[nH]2)cc1. The lowest BCUT2D eigenvalue weighted by molar-refractivity contribution is 0.626. The number of unbranched alkanes of at least 4 members (excludes halogenated alkanes) is 1. The third kappa shape index (κ3) is 4.65. The van der Waals surface area contributed by atoms with E-state index in [0.717, 1.165) is 35.1 Å². The Kier molecular flexibility index (Phi) is 6.30. The number of rotatable bonds is 8. The van der Waals surface area contributed by atoms with Gasteiger partial charge in [0.25, 0.3) is 0 Å². The van der Waals surface area contributed by atoms with Crippen LogP contribution in [0, 0.1) is 5.82 Å². The average molecular weight is 470 g/mol. The van der Waals surface area contributed by atoms with Gasteiger partial charge in [0, 0.05) is 12.0 Å². The molecule has 5 rings (SSSR count). The lowest BCUT2D eigenvalue weighted by Gasteiger charge is -2.09. The Labute approximate surface area is 201 Å². The number of tetrazole rings is 1. The summed E-state index contributed by atoms with van der Waals surface area (Å²) < 4.78 is 16.4. The Morgan fingerprint density at radius 1 is 0.943 bits per heavy atom. The molecule has 5 aromatic rings. The van der Waals surface area contributed by atoms with E-state index in [4.69, 9.17) is 0 Å². The standard InChI is InChI=1S/C26H24FN7O/c1-2-3-8-24-30-34(21-15-13-20(27)14-16-21)26(35)33(24)17-18-9-11-19(12-10-18)22-6-4-5-7-23(22)25-28-31-32-29-25/h4-7,9-16H,2-3,8,17H2,1H3,(H,28,29,31,32). The molecule has 0 aliphatic rings. The van der Waals surface area contributed by atoms with E-state index in [9.17, 15) is 9.18 Å². The van der Waals surface area contributed by atoms with Gasteiger partial charge in [-0.25, -0.2) is 14.3 Å². The molecule has 3 aromatic carbocycles. The first-order chi connectivity index (χ1) is 17.1. The maximum atomic E-state index is 13.4. The Hall–Kier alpha value is -4.40. The van der Waals surface area contributed by atoms with Crippen molar-refractivity contribution in [1.82, 2.24) is 35.0 Å². The van der Waals surface area contributed by atoms with Gasteiger partial charge < -0.3 is 0 Å². The number of benzene rings is 3. The zero-order valence-electron chi connectivity index (χ0n) is 19.2. The predicted molar refractivity (Wildman–Crippen MR) is 131 cm³/mol. The van der Waals surface area contributed by atoms with Gasteiger partial charge in [-0.3, -0.25) is 4.57 Å². The van der Waals surface area contributed by atoms with Crippen LogP contribution in [0.5, 0.6) is 0 Å². The van der Waals surface area contributed by atoms with E-state index >= 15 is 0 Å². The second kappa shape index (κ2) is 9.84. The summed E-state index contributed by atoms with van der Waals surface area (Å²) in [5.74, 6) is 0.965. The molecule has 0 aliphatic heterocycles. The van der Waals surface area contributed by atoms with Crippen LogP contribution in [0.4, 0.5) is 4.39 Å². The molecule has 0 unspecified atom stereocenters. The van der Waals surface area contributed by atoms with E-state index in [1.54, 1.807) is 16.7 Å². The van der Waals surface area contributed by atoms with E-state index in [0.29, 0.717) is 30.3 Å². The second-order valence-electron chi connectivity index (χ2n) is 8.27. The molecule has 0 aliphatic carbocycles. The predicted octanol–water partition coefficient (Wildman–Crippen LogP) is 4.41. The number of hydrogen-bond acceptors (Lipinski definition) is 5. The highest BCUT2D eigenvalue weighted by atomic mass is 19.1. The lowest BCUT2D eigenvalue weighted by atomic mass is 9.98. The first-order valence-electron chi connectivity index (χ1n) is 11.5. The van der Waals surface area contributed by atoms with Crippen molar-refractivity contribution >= 4 is 0 Å². The van der Waals surface area contributed by atoms with Crippen LogP contribution in [0.1, 0.15) is 31.2 Å². The first kappa shape index (κ1) is 22.4. The molecule has 0 atom stereocenters. The van der Waals surface area contributed by atoms with Gasteiger partial charge in [-0.2, -0.15) is 4.68 Å². The van der Waals surface area contributed by atoms with Crippen molar-refractivity contribution in [3.8, 4) is 28.2 Å². The van der Waals surface area contributed by atoms with Gasteiger partial charge in [-0.1, -0.05) is 61.9 Å². The summed E-state index contributed by atoms with van der Waals surface area (Å²) >= 11 is 0. The molecule has 8 nitrogen and oxygen atoms in total. The molecule has 0 saturated carbocycles. The summed E-state index contributed by atoms with van der Waals surface area (Å²) in [6.07, 6.45) is 2.61. The minimum absolute atomic E-state index is 0.241. The molecule has 35 heavy (non-hydrogen) atoms. The molecule has 0 bridgehead atoms. The van der Waals surface area contributed by atoms with Crippen LogP contribution in [0.3, 0.4) is 0 Å². The minimum atomic E-state index is -0.353. The van der Waals surface area contributed by atoms with Gasteiger partial charge in [0.05, 0.1) is 12.2 Å². The summed E-state index contributed by atoms with van der Waals surface area (Å²) in [6, 6.07) is 21.8. The van der Waals surface area contributed by atoms with Crippen LogP contribution in [0.15, 0.2) is 77.6 Å². The van der Waals surface area contributed by atoms with E-state index in [1.807, 2.05) is 48.5 Å². The van der Waals surface area contributed by atoms with Gasteiger partial charge in [-0.15, -0.1) is 10.2 Å². The molecule has 0 amide bonds. The Bertz CT molecular complexity index is 1470. The number of hydrogen-bond donors (Lipinski definition) is 1. The largest absolute Gasteiger partial charge is 0.351 e. The Balaban J connectivity index is 1.46. The summed E-state index contributed by atoms with van der Waals surface area (Å²) in [7, 11) is 0. The fraction of sp³-hybridized carbons (Fsp3) is 0.192. The monoisotopic (exact) mass is 469 g/mol.